The van der Waals surface area contributed by atoms with E-state index < -0.39 is 0 Å². The molecule has 2 fully saturated rings. The van der Waals surface area contributed by atoms with Crippen LogP contribution in [0.15, 0.2) is 42.5 Å². The highest BCUT2D eigenvalue weighted by atomic mass is 35.5. The largest absolute Gasteiger partial charge is 0.331 e. The lowest BCUT2D eigenvalue weighted by molar-refractivity contribution is 0.102. The maximum Gasteiger partial charge on any atom is 0.319 e. The Labute approximate surface area is 237 Å². The first kappa shape index (κ1) is 27.4. The fraction of sp³-hybridized carbons (Fsp3) is 0.464. The number of nitrogens with zero attached hydrogens (tertiary/aromatic N) is 3. The summed E-state index contributed by atoms with van der Waals surface area (Å²) in [7, 11) is 0. The second kappa shape index (κ2) is 12.8. The van der Waals surface area contributed by atoms with E-state index in [2.05, 4.69) is 36.6 Å². The Bertz CT molecular complexity index is 1240. The lowest BCUT2D eigenvalue weighted by Gasteiger charge is -2.38. The first-order valence-electron chi connectivity index (χ1n) is 13.6. The van der Waals surface area contributed by atoms with Crippen LogP contribution in [0.2, 0.25) is 10.0 Å². The van der Waals surface area contributed by atoms with Gasteiger partial charge < -0.3 is 10.6 Å². The molecule has 2 saturated carbocycles. The normalized spacial score (nSPS) is 20.7. The molecule has 2 aromatic carbocycles. The van der Waals surface area contributed by atoms with Crippen molar-refractivity contribution in [1.29, 1.82) is 0 Å². The van der Waals surface area contributed by atoms with E-state index in [4.69, 9.17) is 23.2 Å². The van der Waals surface area contributed by atoms with Crippen LogP contribution in [0.25, 0.3) is 0 Å². The van der Waals surface area contributed by atoms with Crippen molar-refractivity contribution in [3.63, 3.8) is 0 Å². The third kappa shape index (κ3) is 7.28. The molecule has 2 aliphatic carbocycles. The summed E-state index contributed by atoms with van der Waals surface area (Å²) in [6.45, 7) is 0. The van der Waals surface area contributed by atoms with E-state index >= 15 is 0 Å². The summed E-state index contributed by atoms with van der Waals surface area (Å²) in [5, 5.41) is 22.8. The average Bonchev–Trinajstić information content (AvgIpc) is 3.45. The van der Waals surface area contributed by atoms with Gasteiger partial charge in [0.1, 0.15) is 0 Å². The summed E-state index contributed by atoms with van der Waals surface area (Å²) in [4.78, 5) is 25.7. The molecule has 3 aromatic rings. The van der Waals surface area contributed by atoms with Crippen molar-refractivity contribution >= 4 is 46.8 Å². The van der Waals surface area contributed by atoms with Crippen molar-refractivity contribution in [2.24, 2.45) is 17.8 Å². The number of H-pyrrole nitrogens is 1. The second-order valence-corrected chi connectivity index (χ2v) is 11.5. The highest BCUT2D eigenvalue weighted by Gasteiger charge is 2.33. The minimum absolute atomic E-state index is 0.108. The van der Waals surface area contributed by atoms with Crippen molar-refractivity contribution in [3.05, 3.63) is 63.6 Å². The van der Waals surface area contributed by atoms with Crippen molar-refractivity contribution in [3.8, 4) is 0 Å². The quantitative estimate of drug-likeness (QED) is 0.243. The molecular weight excluding hydrogens is 537 g/mol. The molecule has 2 aliphatic rings. The predicted molar refractivity (Wildman–Crippen MR) is 152 cm³/mol. The number of carbonyl (C=O) groups excluding carboxylic acids is 2. The van der Waals surface area contributed by atoms with Gasteiger partial charge >= 0.3 is 6.03 Å². The fourth-order valence-corrected chi connectivity index (χ4v) is 6.72. The van der Waals surface area contributed by atoms with Gasteiger partial charge in [0, 0.05) is 21.3 Å². The number of amides is 3. The van der Waals surface area contributed by atoms with Crippen LogP contribution in [-0.2, 0) is 0 Å². The summed E-state index contributed by atoms with van der Waals surface area (Å²) in [6, 6.07) is 11.7. The number of anilines is 2. The van der Waals surface area contributed by atoms with Crippen LogP contribution in [0.4, 0.5) is 16.4 Å². The van der Waals surface area contributed by atoms with Gasteiger partial charge in [0.2, 0.25) is 0 Å². The first-order chi connectivity index (χ1) is 18.9. The number of nitrogens with one attached hydrogen (secondary N) is 4. The Morgan fingerprint density at radius 2 is 1.51 bits per heavy atom. The molecule has 1 atom stereocenters. The molecule has 206 valence electrons. The number of tetrazole rings is 1. The van der Waals surface area contributed by atoms with Crippen molar-refractivity contribution in [2.75, 3.05) is 10.6 Å². The summed E-state index contributed by atoms with van der Waals surface area (Å²) in [5.41, 5.74) is 1.94. The molecule has 39 heavy (non-hydrogen) atoms. The van der Waals surface area contributed by atoms with Gasteiger partial charge in [0.15, 0.2) is 0 Å². The van der Waals surface area contributed by atoms with Gasteiger partial charge in [0.25, 0.3) is 11.9 Å². The van der Waals surface area contributed by atoms with Crippen LogP contribution in [0.5, 0.6) is 0 Å². The van der Waals surface area contributed by atoms with E-state index in [1.807, 2.05) is 12.1 Å². The Hall–Kier alpha value is -3.17. The zero-order chi connectivity index (χ0) is 27.2. The Morgan fingerprint density at radius 3 is 2.15 bits per heavy atom. The highest BCUT2D eigenvalue weighted by Crippen LogP contribution is 2.43. The lowest BCUT2D eigenvalue weighted by atomic mass is 9.69. The summed E-state index contributed by atoms with van der Waals surface area (Å²) in [6.07, 6.45) is 11.3. The summed E-state index contributed by atoms with van der Waals surface area (Å²) < 4.78 is 0. The Morgan fingerprint density at radius 1 is 0.846 bits per heavy atom. The molecule has 4 N–H and O–H groups in total. The van der Waals surface area contributed by atoms with Gasteiger partial charge in [-0.05, 0) is 84.5 Å². The summed E-state index contributed by atoms with van der Waals surface area (Å²) >= 11 is 12.2. The number of aromatic nitrogens is 4. The minimum atomic E-state index is -0.337. The van der Waals surface area contributed by atoms with E-state index in [-0.39, 0.29) is 29.8 Å². The van der Waals surface area contributed by atoms with E-state index in [9.17, 15) is 9.59 Å². The second-order valence-electron chi connectivity index (χ2n) is 10.6. The van der Waals surface area contributed by atoms with Crippen LogP contribution >= 0.6 is 23.2 Å². The Kier molecular flexibility index (Phi) is 8.98. The molecule has 9 nitrogen and oxygen atoms in total. The van der Waals surface area contributed by atoms with E-state index in [0.29, 0.717) is 21.3 Å². The standard InChI is InChI=1S/C28H33Cl2N7O2/c29-22-14-23(30)16-24(15-22)31-28(39)32-25(19-8-6-18(7-9-19)17-4-2-1-3-5-17)20-10-12-21(13-11-20)26(38)33-27-34-36-37-35-27/h10-19,25H,1-9H2,(H2,31,32,39)(H2,33,34,35,36,37,38). The molecule has 1 unspecified atom stereocenters. The predicted octanol–water partition coefficient (Wildman–Crippen LogP) is 7.01. The number of rotatable bonds is 7. The van der Waals surface area contributed by atoms with E-state index in [1.54, 1.807) is 30.3 Å². The number of hydrogen-bond donors (Lipinski definition) is 4. The monoisotopic (exact) mass is 569 g/mol. The number of carbonyl (C=O) groups is 2. The van der Waals surface area contributed by atoms with Crippen LogP contribution in [-0.4, -0.2) is 32.6 Å². The van der Waals surface area contributed by atoms with Gasteiger partial charge in [-0.1, -0.05) is 72.5 Å². The molecule has 5 rings (SSSR count). The SMILES string of the molecule is O=C(Nc1cc(Cl)cc(Cl)c1)NC(c1ccc(C(=O)Nc2nn[nH]n2)cc1)C1CCC(C2CCCCC2)CC1. The first-order valence-corrected chi connectivity index (χ1v) is 14.4. The number of benzene rings is 2. The number of aromatic amines is 1. The maximum absolute atomic E-state index is 13.1. The minimum Gasteiger partial charge on any atom is -0.331 e. The summed E-state index contributed by atoms with van der Waals surface area (Å²) in [5.74, 6) is 1.68. The molecule has 0 aliphatic heterocycles. The topological polar surface area (TPSA) is 125 Å². The molecule has 11 heteroatoms. The van der Waals surface area contributed by atoms with Crippen molar-refractivity contribution < 1.29 is 9.59 Å². The molecule has 1 aromatic heterocycles. The van der Waals surface area contributed by atoms with Gasteiger partial charge in [-0.15, -0.1) is 5.10 Å². The number of hydrogen-bond acceptors (Lipinski definition) is 5. The van der Waals surface area contributed by atoms with Crippen LogP contribution < -0.4 is 16.0 Å². The lowest BCUT2D eigenvalue weighted by Crippen LogP contribution is -2.38. The molecule has 0 radical (unpaired) electrons. The number of halogens is 2. The third-order valence-electron chi connectivity index (χ3n) is 8.11. The van der Waals surface area contributed by atoms with Crippen LogP contribution in [0.1, 0.15) is 79.8 Å². The Balaban J connectivity index is 1.30. The van der Waals surface area contributed by atoms with Gasteiger partial charge in [-0.3, -0.25) is 10.1 Å². The van der Waals surface area contributed by atoms with Gasteiger partial charge in [0.05, 0.1) is 6.04 Å². The fourth-order valence-electron chi connectivity index (χ4n) is 6.19. The molecule has 0 bridgehead atoms. The third-order valence-corrected chi connectivity index (χ3v) is 8.55. The highest BCUT2D eigenvalue weighted by molar-refractivity contribution is 6.35. The van der Waals surface area contributed by atoms with Gasteiger partial charge in [-0.2, -0.15) is 5.21 Å². The van der Waals surface area contributed by atoms with Gasteiger partial charge in [-0.25, -0.2) is 4.79 Å². The maximum atomic E-state index is 13.1. The van der Waals surface area contributed by atoms with Crippen molar-refractivity contribution in [2.45, 2.75) is 63.8 Å². The zero-order valence-corrected chi connectivity index (χ0v) is 23.1. The van der Waals surface area contributed by atoms with Crippen molar-refractivity contribution in [1.82, 2.24) is 25.9 Å². The average molecular weight is 571 g/mol. The molecule has 1 heterocycles. The molecule has 0 saturated heterocycles. The van der Waals surface area contributed by atoms with E-state index in [0.717, 1.165) is 30.2 Å². The molecule has 0 spiro atoms. The molecule has 3 amide bonds. The van der Waals surface area contributed by atoms with Crippen LogP contribution in [0, 0.1) is 17.8 Å². The molecular formula is C28H33Cl2N7O2. The smallest absolute Gasteiger partial charge is 0.319 e. The zero-order valence-electron chi connectivity index (χ0n) is 21.6. The number of urea groups is 1. The van der Waals surface area contributed by atoms with E-state index in [1.165, 1.54) is 44.9 Å². The van der Waals surface area contributed by atoms with Crippen LogP contribution in [0.3, 0.4) is 0 Å².